The van der Waals surface area contributed by atoms with E-state index < -0.39 is 6.10 Å². The Kier molecular flexibility index (Phi) is 3.25. The average Bonchev–Trinajstić information content (AvgIpc) is 2.40. The zero-order valence-electron chi connectivity index (χ0n) is 11.4. The van der Waals surface area contributed by atoms with Gasteiger partial charge in [0.2, 0.25) is 0 Å². The van der Waals surface area contributed by atoms with Crippen LogP contribution < -0.4 is 4.74 Å². The first-order chi connectivity index (χ1) is 9.12. The summed E-state index contributed by atoms with van der Waals surface area (Å²) in [4.78, 5) is 0. The fourth-order valence-electron chi connectivity index (χ4n) is 3.68. The maximum absolute atomic E-state index is 13.3. The van der Waals surface area contributed by atoms with Crippen molar-refractivity contribution in [2.24, 2.45) is 5.92 Å². The first kappa shape index (κ1) is 12.9. The van der Waals surface area contributed by atoms with Gasteiger partial charge in [-0.2, -0.15) is 0 Å². The maximum Gasteiger partial charge on any atom is 0.126 e. The zero-order chi connectivity index (χ0) is 13.5. The lowest BCUT2D eigenvalue weighted by Crippen LogP contribution is -2.45. The van der Waals surface area contributed by atoms with E-state index in [4.69, 9.17) is 4.74 Å². The van der Waals surface area contributed by atoms with Crippen LogP contribution in [0, 0.1) is 11.7 Å². The quantitative estimate of drug-likeness (QED) is 0.831. The first-order valence-corrected chi connectivity index (χ1v) is 7.28. The van der Waals surface area contributed by atoms with Crippen LogP contribution in [0.2, 0.25) is 0 Å². The molecular formula is C16H21FO2. The maximum atomic E-state index is 13.3. The van der Waals surface area contributed by atoms with Crippen LogP contribution >= 0.6 is 0 Å². The molecule has 1 aliphatic heterocycles. The Labute approximate surface area is 113 Å². The summed E-state index contributed by atoms with van der Waals surface area (Å²) in [5.74, 6) is 1.03. The van der Waals surface area contributed by atoms with Crippen LogP contribution in [0.5, 0.6) is 5.75 Å². The molecule has 2 aliphatic rings. The van der Waals surface area contributed by atoms with Crippen molar-refractivity contribution in [3.8, 4) is 5.75 Å². The van der Waals surface area contributed by atoms with Gasteiger partial charge in [0.05, 0.1) is 6.10 Å². The van der Waals surface area contributed by atoms with Crippen LogP contribution in [0.3, 0.4) is 0 Å². The largest absolute Gasteiger partial charge is 0.487 e. The molecule has 1 N–H and O–H groups in total. The number of aliphatic hydroxyl groups is 1. The molecule has 1 aromatic rings. The van der Waals surface area contributed by atoms with Gasteiger partial charge in [0.1, 0.15) is 17.2 Å². The zero-order valence-corrected chi connectivity index (χ0v) is 11.4. The molecule has 104 valence electrons. The number of hydrogen-bond acceptors (Lipinski definition) is 2. The lowest BCUT2D eigenvalue weighted by molar-refractivity contribution is -0.0522. The van der Waals surface area contributed by atoms with Crippen molar-refractivity contribution in [1.29, 1.82) is 0 Å². The van der Waals surface area contributed by atoms with Crippen LogP contribution in [0.25, 0.3) is 0 Å². The second-order valence-electron chi connectivity index (χ2n) is 6.06. The van der Waals surface area contributed by atoms with E-state index >= 15 is 0 Å². The fraction of sp³-hybridized carbons (Fsp3) is 0.625. The van der Waals surface area contributed by atoms with Gasteiger partial charge in [-0.3, -0.25) is 0 Å². The number of aliphatic hydroxyl groups excluding tert-OH is 1. The van der Waals surface area contributed by atoms with Crippen LogP contribution in [-0.4, -0.2) is 10.7 Å². The molecule has 1 heterocycles. The van der Waals surface area contributed by atoms with Gasteiger partial charge in [-0.1, -0.05) is 19.8 Å². The van der Waals surface area contributed by atoms with Gasteiger partial charge in [-0.15, -0.1) is 0 Å². The summed E-state index contributed by atoms with van der Waals surface area (Å²) in [6.07, 6.45) is 5.58. The number of ether oxygens (including phenoxy) is 1. The third kappa shape index (κ3) is 2.36. The van der Waals surface area contributed by atoms with E-state index in [1.54, 1.807) is 6.07 Å². The molecule has 3 atom stereocenters. The van der Waals surface area contributed by atoms with Crippen LogP contribution in [0.4, 0.5) is 4.39 Å². The highest BCUT2D eigenvalue weighted by molar-refractivity contribution is 5.38. The fourth-order valence-corrected chi connectivity index (χ4v) is 3.68. The number of benzene rings is 1. The highest BCUT2D eigenvalue weighted by Crippen LogP contribution is 2.47. The molecule has 1 aliphatic carbocycles. The van der Waals surface area contributed by atoms with Crippen LogP contribution in [0.1, 0.15) is 57.1 Å². The Hall–Kier alpha value is -1.09. The Morgan fingerprint density at radius 2 is 2.26 bits per heavy atom. The summed E-state index contributed by atoms with van der Waals surface area (Å²) >= 11 is 0. The topological polar surface area (TPSA) is 29.5 Å². The summed E-state index contributed by atoms with van der Waals surface area (Å²) in [6, 6.07) is 4.46. The molecule has 1 saturated carbocycles. The molecule has 2 unspecified atom stereocenters. The molecule has 1 spiro atoms. The van der Waals surface area contributed by atoms with Gasteiger partial charge in [0.15, 0.2) is 0 Å². The molecule has 0 radical (unpaired) electrons. The van der Waals surface area contributed by atoms with Gasteiger partial charge in [-0.05, 0) is 43.4 Å². The Morgan fingerprint density at radius 1 is 1.42 bits per heavy atom. The lowest BCUT2D eigenvalue weighted by Gasteiger charge is -2.45. The Balaban J connectivity index is 1.89. The average molecular weight is 264 g/mol. The minimum absolute atomic E-state index is 0.233. The second kappa shape index (κ2) is 4.78. The Bertz CT molecular complexity index is 474. The van der Waals surface area contributed by atoms with Gasteiger partial charge in [0.25, 0.3) is 0 Å². The predicted octanol–water partition coefficient (Wildman–Crippen LogP) is 3.98. The van der Waals surface area contributed by atoms with Gasteiger partial charge in [0, 0.05) is 12.0 Å². The van der Waals surface area contributed by atoms with Gasteiger partial charge >= 0.3 is 0 Å². The normalized spacial score (nSPS) is 33.8. The van der Waals surface area contributed by atoms with Gasteiger partial charge < -0.3 is 9.84 Å². The van der Waals surface area contributed by atoms with E-state index in [9.17, 15) is 9.50 Å². The van der Waals surface area contributed by atoms with E-state index in [1.807, 2.05) is 0 Å². The van der Waals surface area contributed by atoms with Crippen molar-refractivity contribution in [2.75, 3.05) is 0 Å². The van der Waals surface area contributed by atoms with Crippen molar-refractivity contribution in [2.45, 2.75) is 57.2 Å². The number of hydrogen-bond donors (Lipinski definition) is 1. The van der Waals surface area contributed by atoms with Crippen LogP contribution in [0.15, 0.2) is 18.2 Å². The minimum atomic E-state index is -0.602. The molecule has 0 bridgehead atoms. The molecule has 2 nitrogen and oxygen atoms in total. The van der Waals surface area contributed by atoms with Crippen molar-refractivity contribution in [1.82, 2.24) is 0 Å². The monoisotopic (exact) mass is 264 g/mol. The summed E-state index contributed by atoms with van der Waals surface area (Å²) in [7, 11) is 0. The smallest absolute Gasteiger partial charge is 0.126 e. The summed E-state index contributed by atoms with van der Waals surface area (Å²) in [5, 5.41) is 10.3. The number of rotatable bonds is 1. The third-order valence-electron chi connectivity index (χ3n) is 4.71. The second-order valence-corrected chi connectivity index (χ2v) is 6.06. The molecule has 1 aromatic carbocycles. The van der Waals surface area contributed by atoms with Gasteiger partial charge in [-0.25, -0.2) is 4.39 Å². The van der Waals surface area contributed by atoms with Crippen molar-refractivity contribution in [3.05, 3.63) is 29.6 Å². The standard InChI is InChI=1S/C16H21FO2/c1-2-11-4-3-7-16(9-11)10-14(18)13-8-12(17)5-6-15(13)19-16/h5-6,8,11,14,18H,2-4,7,9-10H2,1H3/t11?,14-,16?/m0/s1. The highest BCUT2D eigenvalue weighted by Gasteiger charge is 2.43. The Morgan fingerprint density at radius 3 is 3.05 bits per heavy atom. The van der Waals surface area contributed by atoms with Crippen LogP contribution in [-0.2, 0) is 0 Å². The SMILES string of the molecule is CCC1CCCC2(C1)C[C@H](O)c1cc(F)ccc1O2. The van der Waals surface area contributed by atoms with Crippen molar-refractivity contribution in [3.63, 3.8) is 0 Å². The summed E-state index contributed by atoms with van der Waals surface area (Å²) < 4.78 is 19.4. The van der Waals surface area contributed by atoms with E-state index in [1.165, 1.54) is 18.6 Å². The molecule has 0 aromatic heterocycles. The predicted molar refractivity (Wildman–Crippen MR) is 71.6 cm³/mol. The van der Waals surface area contributed by atoms with E-state index in [0.717, 1.165) is 25.7 Å². The minimum Gasteiger partial charge on any atom is -0.487 e. The molecular weight excluding hydrogens is 243 g/mol. The molecule has 0 amide bonds. The number of halogens is 1. The third-order valence-corrected chi connectivity index (χ3v) is 4.71. The molecule has 3 heteroatoms. The van der Waals surface area contributed by atoms with Crippen molar-refractivity contribution < 1.29 is 14.2 Å². The van der Waals surface area contributed by atoms with E-state index in [0.29, 0.717) is 23.7 Å². The molecule has 0 saturated heterocycles. The van der Waals surface area contributed by atoms with E-state index in [-0.39, 0.29) is 11.4 Å². The molecule has 19 heavy (non-hydrogen) atoms. The summed E-state index contributed by atoms with van der Waals surface area (Å²) in [5.41, 5.74) is 0.368. The first-order valence-electron chi connectivity index (χ1n) is 7.28. The van der Waals surface area contributed by atoms with E-state index in [2.05, 4.69) is 6.92 Å². The highest BCUT2D eigenvalue weighted by atomic mass is 19.1. The van der Waals surface area contributed by atoms with Crippen molar-refractivity contribution >= 4 is 0 Å². The molecule has 3 rings (SSSR count). The molecule has 1 fully saturated rings. The number of fused-ring (bicyclic) bond motifs is 1. The summed E-state index contributed by atoms with van der Waals surface area (Å²) in [6.45, 7) is 2.21. The lowest BCUT2D eigenvalue weighted by atomic mass is 9.72.